The number of hydrogen-bond acceptors (Lipinski definition) is 3. The maximum absolute atomic E-state index is 14.0. The maximum Gasteiger partial charge on any atom is 0.134 e. The van der Waals surface area contributed by atoms with Gasteiger partial charge >= 0.3 is 0 Å². The van der Waals surface area contributed by atoms with Crippen molar-refractivity contribution in [3.63, 3.8) is 0 Å². The van der Waals surface area contributed by atoms with Gasteiger partial charge in [-0.1, -0.05) is 17.7 Å². The van der Waals surface area contributed by atoms with E-state index in [2.05, 4.69) is 5.43 Å². The molecule has 0 aliphatic heterocycles. The van der Waals surface area contributed by atoms with Gasteiger partial charge in [0.25, 0.3) is 0 Å². The normalized spacial score (nSPS) is 12.7. The van der Waals surface area contributed by atoms with Crippen LogP contribution >= 0.6 is 22.9 Å². The molecule has 0 saturated carbocycles. The number of thiophene rings is 1. The summed E-state index contributed by atoms with van der Waals surface area (Å²) >= 11 is 7.05. The number of halogens is 3. The number of nitrogens with one attached hydrogen (secondary N) is 1. The molecule has 18 heavy (non-hydrogen) atoms. The van der Waals surface area contributed by atoms with Gasteiger partial charge in [0.05, 0.1) is 10.4 Å². The first-order valence-corrected chi connectivity index (χ1v) is 6.40. The van der Waals surface area contributed by atoms with Crippen LogP contribution in [0.15, 0.2) is 24.3 Å². The first-order chi connectivity index (χ1) is 8.54. The second-order valence-corrected chi connectivity index (χ2v) is 5.58. The molecular weight excluding hydrogens is 278 g/mol. The summed E-state index contributed by atoms with van der Waals surface area (Å²) in [5, 5.41) is 0. The van der Waals surface area contributed by atoms with Crippen LogP contribution in [0.2, 0.25) is 4.34 Å². The van der Waals surface area contributed by atoms with E-state index < -0.39 is 17.7 Å². The van der Waals surface area contributed by atoms with Crippen LogP contribution in [0.5, 0.6) is 0 Å². The Morgan fingerprint density at radius 2 is 2.00 bits per heavy atom. The summed E-state index contributed by atoms with van der Waals surface area (Å²) in [5.41, 5.74) is 2.71. The molecule has 0 amide bonds. The Labute approximate surface area is 112 Å². The molecule has 0 radical (unpaired) electrons. The van der Waals surface area contributed by atoms with Crippen molar-refractivity contribution in [2.45, 2.75) is 13.0 Å². The van der Waals surface area contributed by atoms with Gasteiger partial charge in [-0.25, -0.2) is 14.2 Å². The van der Waals surface area contributed by atoms with E-state index in [0.717, 1.165) is 0 Å². The van der Waals surface area contributed by atoms with E-state index in [4.69, 9.17) is 17.4 Å². The van der Waals surface area contributed by atoms with E-state index in [1.54, 1.807) is 19.1 Å². The monoisotopic (exact) mass is 288 g/mol. The Morgan fingerprint density at radius 3 is 2.56 bits per heavy atom. The average molecular weight is 289 g/mol. The number of hydrogen-bond donors (Lipinski definition) is 2. The predicted molar refractivity (Wildman–Crippen MR) is 69.6 cm³/mol. The van der Waals surface area contributed by atoms with Crippen molar-refractivity contribution < 1.29 is 8.78 Å². The van der Waals surface area contributed by atoms with E-state index >= 15 is 0 Å². The fourth-order valence-corrected chi connectivity index (χ4v) is 2.87. The van der Waals surface area contributed by atoms with Crippen LogP contribution in [0.3, 0.4) is 0 Å². The van der Waals surface area contributed by atoms with Crippen molar-refractivity contribution in [2.75, 3.05) is 0 Å². The molecule has 0 fully saturated rings. The van der Waals surface area contributed by atoms with Crippen LogP contribution in [0.4, 0.5) is 8.78 Å². The van der Waals surface area contributed by atoms with E-state index in [1.165, 1.54) is 23.5 Å². The minimum atomic E-state index is -0.748. The van der Waals surface area contributed by atoms with Gasteiger partial charge in [-0.2, -0.15) is 0 Å². The molecule has 1 heterocycles. The Kier molecular flexibility index (Phi) is 3.97. The topological polar surface area (TPSA) is 38.0 Å². The zero-order valence-corrected chi connectivity index (χ0v) is 11.1. The summed E-state index contributed by atoms with van der Waals surface area (Å²) in [6, 6.07) is 5.23. The standard InChI is InChI=1S/C12H11ClF2N2S/c1-6-2-3-7(14)10(11(6)15)12(17-16)8-4-5-9(13)18-8/h2-5,12,17H,16H2,1H3. The third kappa shape index (κ3) is 2.40. The first kappa shape index (κ1) is 13.4. The van der Waals surface area contributed by atoms with Crippen molar-refractivity contribution in [1.82, 2.24) is 5.43 Å². The van der Waals surface area contributed by atoms with Crippen LogP contribution < -0.4 is 11.3 Å². The van der Waals surface area contributed by atoms with E-state index in [-0.39, 0.29) is 5.56 Å². The quantitative estimate of drug-likeness (QED) is 0.670. The Morgan fingerprint density at radius 1 is 1.28 bits per heavy atom. The van der Waals surface area contributed by atoms with Gasteiger partial charge in [0.1, 0.15) is 11.6 Å². The first-order valence-electron chi connectivity index (χ1n) is 5.20. The highest BCUT2D eigenvalue weighted by Gasteiger charge is 2.23. The van der Waals surface area contributed by atoms with Crippen LogP contribution in [0.1, 0.15) is 22.0 Å². The lowest BCUT2D eigenvalue weighted by atomic mass is 10.0. The van der Waals surface area contributed by atoms with Crippen molar-refractivity contribution >= 4 is 22.9 Å². The lowest BCUT2D eigenvalue weighted by molar-refractivity contribution is 0.509. The van der Waals surface area contributed by atoms with Gasteiger partial charge in [0.2, 0.25) is 0 Å². The molecule has 2 rings (SSSR count). The summed E-state index contributed by atoms with van der Waals surface area (Å²) in [5.74, 6) is 4.19. The second kappa shape index (κ2) is 5.32. The molecule has 1 unspecified atom stereocenters. The highest BCUT2D eigenvalue weighted by Crippen LogP contribution is 2.33. The molecular formula is C12H11ClF2N2S. The van der Waals surface area contributed by atoms with Crippen molar-refractivity contribution in [3.8, 4) is 0 Å². The molecule has 0 bridgehead atoms. The second-order valence-electron chi connectivity index (χ2n) is 3.83. The van der Waals surface area contributed by atoms with Crippen LogP contribution in [0, 0.1) is 18.6 Å². The number of hydrazine groups is 1. The van der Waals surface area contributed by atoms with Gasteiger partial charge < -0.3 is 0 Å². The van der Waals surface area contributed by atoms with Crippen LogP contribution in [-0.4, -0.2) is 0 Å². The molecule has 1 atom stereocenters. The third-order valence-corrected chi connectivity index (χ3v) is 3.95. The number of nitrogens with two attached hydrogens (primary N) is 1. The van der Waals surface area contributed by atoms with Gasteiger partial charge in [0.15, 0.2) is 0 Å². The molecule has 2 nitrogen and oxygen atoms in total. The molecule has 96 valence electrons. The number of aryl methyl sites for hydroxylation is 1. The van der Waals surface area contributed by atoms with Crippen LogP contribution in [0.25, 0.3) is 0 Å². The summed E-state index contributed by atoms with van der Waals surface area (Å²) in [7, 11) is 0. The van der Waals surface area contributed by atoms with Gasteiger partial charge in [-0.3, -0.25) is 5.84 Å². The molecule has 2 aromatic rings. The minimum absolute atomic E-state index is 0.0870. The van der Waals surface area contributed by atoms with E-state index in [0.29, 0.717) is 14.8 Å². The molecule has 3 N–H and O–H groups in total. The van der Waals surface area contributed by atoms with Crippen molar-refractivity contribution in [3.05, 3.63) is 56.2 Å². The molecule has 6 heteroatoms. The zero-order valence-electron chi connectivity index (χ0n) is 9.51. The van der Waals surface area contributed by atoms with Gasteiger partial charge in [-0.05, 0) is 30.7 Å². The fraction of sp³-hybridized carbons (Fsp3) is 0.167. The number of rotatable bonds is 3. The highest BCUT2D eigenvalue weighted by molar-refractivity contribution is 7.16. The Hall–Kier alpha value is -1.01. The third-order valence-electron chi connectivity index (χ3n) is 2.65. The number of benzene rings is 1. The lowest BCUT2D eigenvalue weighted by Gasteiger charge is -2.17. The van der Waals surface area contributed by atoms with Gasteiger partial charge in [-0.15, -0.1) is 11.3 Å². The highest BCUT2D eigenvalue weighted by atomic mass is 35.5. The summed E-state index contributed by atoms with van der Waals surface area (Å²) in [6.07, 6.45) is 0. The van der Waals surface area contributed by atoms with Gasteiger partial charge in [0, 0.05) is 10.4 Å². The van der Waals surface area contributed by atoms with Crippen molar-refractivity contribution in [2.24, 2.45) is 5.84 Å². The largest absolute Gasteiger partial charge is 0.271 e. The summed E-state index contributed by atoms with van der Waals surface area (Å²) < 4.78 is 28.4. The average Bonchev–Trinajstić information content (AvgIpc) is 2.76. The molecule has 1 aromatic heterocycles. The predicted octanol–water partition coefficient (Wildman–Crippen LogP) is 3.54. The smallest absolute Gasteiger partial charge is 0.134 e. The maximum atomic E-state index is 14.0. The molecule has 0 aliphatic carbocycles. The SMILES string of the molecule is Cc1ccc(F)c(C(NN)c2ccc(Cl)s2)c1F. The minimum Gasteiger partial charge on any atom is -0.271 e. The lowest BCUT2D eigenvalue weighted by Crippen LogP contribution is -2.30. The van der Waals surface area contributed by atoms with Crippen LogP contribution in [-0.2, 0) is 0 Å². The summed E-state index contributed by atoms with van der Waals surface area (Å²) in [4.78, 5) is 0.658. The zero-order chi connectivity index (χ0) is 13.3. The fourth-order valence-electron chi connectivity index (χ4n) is 1.73. The Bertz CT molecular complexity index is 571. The van der Waals surface area contributed by atoms with E-state index in [1.807, 2.05) is 0 Å². The Balaban J connectivity index is 2.55. The molecule has 0 aliphatic rings. The molecule has 0 spiro atoms. The van der Waals surface area contributed by atoms with Crippen molar-refractivity contribution in [1.29, 1.82) is 0 Å². The molecule has 1 aromatic carbocycles. The van der Waals surface area contributed by atoms with E-state index in [9.17, 15) is 8.78 Å². The summed E-state index contributed by atoms with van der Waals surface area (Å²) in [6.45, 7) is 1.58. The molecule has 0 saturated heterocycles.